The first-order chi connectivity index (χ1) is 7.31. The molecule has 0 bridgehead atoms. The number of H-pyrrole nitrogens is 1. The van der Waals surface area contributed by atoms with Crippen LogP contribution in [0.5, 0.6) is 0 Å². The number of para-hydroxylation sites is 1. The standard InChI is InChI=1S/C13H14N2/c1-3-8-15(2)10-11-9-14-13-7-5-4-6-12(11)13/h1,4-7,9,14H,8,10H2,2H3. The lowest BCUT2D eigenvalue weighted by Gasteiger charge is -2.11. The first kappa shape index (κ1) is 9.82. The van der Waals surface area contributed by atoms with E-state index in [0.29, 0.717) is 6.54 Å². The normalized spacial score (nSPS) is 10.7. The van der Waals surface area contributed by atoms with Gasteiger partial charge in [-0.15, -0.1) is 6.42 Å². The maximum Gasteiger partial charge on any atom is 0.0599 e. The zero-order valence-corrected chi connectivity index (χ0v) is 8.83. The molecule has 0 unspecified atom stereocenters. The van der Waals surface area contributed by atoms with Crippen LogP contribution in [0.4, 0.5) is 0 Å². The molecule has 1 heterocycles. The number of benzene rings is 1. The summed E-state index contributed by atoms with van der Waals surface area (Å²) in [6, 6.07) is 8.31. The van der Waals surface area contributed by atoms with Crippen molar-refractivity contribution in [3.05, 3.63) is 36.0 Å². The van der Waals surface area contributed by atoms with E-state index in [1.807, 2.05) is 13.1 Å². The average Bonchev–Trinajstić information content (AvgIpc) is 2.62. The fraction of sp³-hybridized carbons (Fsp3) is 0.231. The van der Waals surface area contributed by atoms with Crippen LogP contribution >= 0.6 is 0 Å². The summed E-state index contributed by atoms with van der Waals surface area (Å²) >= 11 is 0. The van der Waals surface area contributed by atoms with Gasteiger partial charge in [-0.2, -0.15) is 0 Å². The van der Waals surface area contributed by atoms with Crippen LogP contribution < -0.4 is 0 Å². The van der Waals surface area contributed by atoms with E-state index in [0.717, 1.165) is 6.54 Å². The molecule has 0 aliphatic carbocycles. The van der Waals surface area contributed by atoms with E-state index in [1.165, 1.54) is 16.5 Å². The SMILES string of the molecule is C#CCN(C)Cc1c[nH]c2ccccc12. The molecule has 1 N–H and O–H groups in total. The quantitative estimate of drug-likeness (QED) is 0.749. The molecule has 76 valence electrons. The van der Waals surface area contributed by atoms with Crippen LogP contribution in [0.1, 0.15) is 5.56 Å². The molecule has 15 heavy (non-hydrogen) atoms. The molecule has 0 fully saturated rings. The summed E-state index contributed by atoms with van der Waals surface area (Å²) in [5, 5.41) is 1.28. The molecule has 0 radical (unpaired) electrons. The second-order valence-corrected chi connectivity index (χ2v) is 3.74. The van der Waals surface area contributed by atoms with Gasteiger partial charge in [-0.05, 0) is 18.7 Å². The van der Waals surface area contributed by atoms with Gasteiger partial charge >= 0.3 is 0 Å². The molecule has 0 saturated carbocycles. The highest BCUT2D eigenvalue weighted by molar-refractivity contribution is 5.82. The van der Waals surface area contributed by atoms with Crippen molar-refractivity contribution >= 4 is 10.9 Å². The van der Waals surface area contributed by atoms with Gasteiger partial charge in [-0.3, -0.25) is 4.90 Å². The van der Waals surface area contributed by atoms with Crippen molar-refractivity contribution in [3.8, 4) is 12.3 Å². The molecule has 1 aromatic heterocycles. The average molecular weight is 198 g/mol. The lowest BCUT2D eigenvalue weighted by Crippen LogP contribution is -2.17. The predicted octanol–water partition coefficient (Wildman–Crippen LogP) is 2.23. The van der Waals surface area contributed by atoms with Crippen LogP contribution in [0.15, 0.2) is 30.5 Å². The van der Waals surface area contributed by atoms with E-state index in [9.17, 15) is 0 Å². The molecule has 0 spiro atoms. The van der Waals surface area contributed by atoms with E-state index >= 15 is 0 Å². The molecule has 2 heteroatoms. The monoisotopic (exact) mass is 198 g/mol. The Morgan fingerprint density at radius 1 is 1.40 bits per heavy atom. The minimum atomic E-state index is 0.680. The summed E-state index contributed by atoms with van der Waals surface area (Å²) in [7, 11) is 2.03. The van der Waals surface area contributed by atoms with Crippen LogP contribution in [-0.4, -0.2) is 23.5 Å². The highest BCUT2D eigenvalue weighted by atomic mass is 15.1. The summed E-state index contributed by atoms with van der Waals surface area (Å²) < 4.78 is 0. The highest BCUT2D eigenvalue weighted by Crippen LogP contribution is 2.18. The first-order valence-electron chi connectivity index (χ1n) is 4.98. The Balaban J connectivity index is 2.25. The molecule has 0 amide bonds. The summed E-state index contributed by atoms with van der Waals surface area (Å²) in [5.41, 5.74) is 2.48. The van der Waals surface area contributed by atoms with Crippen LogP contribution in [-0.2, 0) is 6.54 Å². The van der Waals surface area contributed by atoms with Gasteiger partial charge in [0, 0.05) is 23.6 Å². The van der Waals surface area contributed by atoms with Gasteiger partial charge in [-0.1, -0.05) is 24.1 Å². The number of aromatic amines is 1. The Morgan fingerprint density at radius 3 is 3.00 bits per heavy atom. The van der Waals surface area contributed by atoms with E-state index in [-0.39, 0.29) is 0 Å². The van der Waals surface area contributed by atoms with Gasteiger partial charge in [0.25, 0.3) is 0 Å². The highest BCUT2D eigenvalue weighted by Gasteiger charge is 2.04. The molecule has 2 aromatic rings. The number of hydrogen-bond acceptors (Lipinski definition) is 1. The molecule has 1 aromatic carbocycles. The summed E-state index contributed by atoms with van der Waals surface area (Å²) in [5.74, 6) is 2.64. The first-order valence-corrected chi connectivity index (χ1v) is 4.98. The van der Waals surface area contributed by atoms with Crippen molar-refractivity contribution in [2.45, 2.75) is 6.54 Å². The maximum atomic E-state index is 5.27. The van der Waals surface area contributed by atoms with Crippen LogP contribution in [0.3, 0.4) is 0 Å². The lowest BCUT2D eigenvalue weighted by molar-refractivity contribution is 0.370. The van der Waals surface area contributed by atoms with Crippen molar-refractivity contribution in [3.63, 3.8) is 0 Å². The van der Waals surface area contributed by atoms with Gasteiger partial charge in [0.2, 0.25) is 0 Å². The van der Waals surface area contributed by atoms with E-state index < -0.39 is 0 Å². The predicted molar refractivity (Wildman–Crippen MR) is 63.5 cm³/mol. The summed E-state index contributed by atoms with van der Waals surface area (Å²) in [6.45, 7) is 1.56. The Bertz CT molecular complexity index is 490. The van der Waals surface area contributed by atoms with Gasteiger partial charge in [0.15, 0.2) is 0 Å². The van der Waals surface area contributed by atoms with E-state index in [4.69, 9.17) is 6.42 Å². The number of nitrogens with zero attached hydrogens (tertiary/aromatic N) is 1. The Kier molecular flexibility index (Phi) is 2.75. The van der Waals surface area contributed by atoms with Gasteiger partial charge < -0.3 is 4.98 Å². The summed E-state index contributed by atoms with van der Waals surface area (Å²) in [4.78, 5) is 5.38. The van der Waals surface area contributed by atoms with E-state index in [2.05, 4.69) is 40.2 Å². The van der Waals surface area contributed by atoms with Gasteiger partial charge in [-0.25, -0.2) is 0 Å². The molecule has 2 nitrogen and oxygen atoms in total. The number of fused-ring (bicyclic) bond motifs is 1. The molecule has 0 saturated heterocycles. The second kappa shape index (κ2) is 4.20. The Morgan fingerprint density at radius 2 is 2.20 bits per heavy atom. The van der Waals surface area contributed by atoms with Crippen LogP contribution in [0.2, 0.25) is 0 Å². The molecular formula is C13H14N2. The minimum Gasteiger partial charge on any atom is -0.361 e. The second-order valence-electron chi connectivity index (χ2n) is 3.74. The van der Waals surface area contributed by atoms with Gasteiger partial charge in [0.1, 0.15) is 0 Å². The Labute approximate surface area is 89.9 Å². The van der Waals surface area contributed by atoms with E-state index in [1.54, 1.807) is 0 Å². The topological polar surface area (TPSA) is 19.0 Å². The van der Waals surface area contributed by atoms with Crippen molar-refractivity contribution < 1.29 is 0 Å². The van der Waals surface area contributed by atoms with Crippen molar-refractivity contribution in [1.29, 1.82) is 0 Å². The lowest BCUT2D eigenvalue weighted by atomic mass is 10.2. The Hall–Kier alpha value is -1.72. The minimum absolute atomic E-state index is 0.680. The molecule has 0 aliphatic heterocycles. The largest absolute Gasteiger partial charge is 0.361 e. The van der Waals surface area contributed by atoms with Crippen molar-refractivity contribution in [2.24, 2.45) is 0 Å². The number of aromatic nitrogens is 1. The van der Waals surface area contributed by atoms with Crippen molar-refractivity contribution in [2.75, 3.05) is 13.6 Å². The third kappa shape index (κ3) is 2.03. The fourth-order valence-corrected chi connectivity index (χ4v) is 1.76. The molecule has 2 rings (SSSR count). The van der Waals surface area contributed by atoms with Crippen LogP contribution in [0, 0.1) is 12.3 Å². The smallest absolute Gasteiger partial charge is 0.0599 e. The molecule has 0 aliphatic rings. The fourth-order valence-electron chi connectivity index (χ4n) is 1.76. The van der Waals surface area contributed by atoms with Gasteiger partial charge in [0.05, 0.1) is 6.54 Å². The number of terminal acetylenes is 1. The number of rotatable bonds is 3. The third-order valence-electron chi connectivity index (χ3n) is 2.48. The number of nitrogens with one attached hydrogen (secondary N) is 1. The van der Waals surface area contributed by atoms with Crippen molar-refractivity contribution in [1.82, 2.24) is 9.88 Å². The zero-order chi connectivity index (χ0) is 10.7. The molecule has 0 atom stereocenters. The molecular weight excluding hydrogens is 184 g/mol. The summed E-state index contributed by atoms with van der Waals surface area (Å²) in [6.07, 6.45) is 7.32. The number of hydrogen-bond donors (Lipinski definition) is 1. The zero-order valence-electron chi connectivity index (χ0n) is 8.83. The third-order valence-corrected chi connectivity index (χ3v) is 2.48. The maximum absolute atomic E-state index is 5.27. The van der Waals surface area contributed by atoms with Crippen LogP contribution in [0.25, 0.3) is 10.9 Å².